The lowest BCUT2D eigenvalue weighted by molar-refractivity contribution is -0.118. The van der Waals surface area contributed by atoms with Gasteiger partial charge < -0.3 is 25.6 Å². The molecule has 7 nitrogen and oxygen atoms in total. The third-order valence-corrected chi connectivity index (χ3v) is 5.01. The molecule has 4 rings (SSSR count). The van der Waals surface area contributed by atoms with Crippen LogP contribution in [0.15, 0.2) is 36.4 Å². The van der Waals surface area contributed by atoms with Gasteiger partial charge in [-0.05, 0) is 49.1 Å². The Morgan fingerprint density at radius 3 is 2.86 bits per heavy atom. The largest absolute Gasteiger partial charge is 0.479 e. The summed E-state index contributed by atoms with van der Waals surface area (Å²) in [6.07, 6.45) is 2.41. The topological polar surface area (TPSA) is 82.7 Å². The lowest BCUT2D eigenvalue weighted by Crippen LogP contribution is -2.31. The molecule has 0 unspecified atom stereocenters. The fraction of sp³-hybridized carbons (Fsp3) is 0.333. The number of nitrogens with one attached hydrogen (secondary N) is 3. The molecule has 0 spiro atoms. The van der Waals surface area contributed by atoms with Crippen molar-refractivity contribution < 1.29 is 14.3 Å². The Labute approximate surface area is 164 Å². The Morgan fingerprint density at radius 2 is 2.04 bits per heavy atom. The minimum atomic E-state index is -0.318. The summed E-state index contributed by atoms with van der Waals surface area (Å²) in [7, 11) is 0. The van der Waals surface area contributed by atoms with Crippen LogP contribution >= 0.6 is 0 Å². The van der Waals surface area contributed by atoms with E-state index in [2.05, 4.69) is 46.0 Å². The number of rotatable bonds is 4. The molecule has 0 bridgehead atoms. The highest BCUT2D eigenvalue weighted by molar-refractivity contribution is 5.99. The van der Waals surface area contributed by atoms with Crippen molar-refractivity contribution in [1.82, 2.24) is 5.32 Å². The van der Waals surface area contributed by atoms with Crippen LogP contribution in [0.3, 0.4) is 0 Å². The molecule has 2 aromatic rings. The molecule has 0 atom stereocenters. The van der Waals surface area contributed by atoms with Gasteiger partial charge in [-0.15, -0.1) is 0 Å². The number of benzene rings is 2. The van der Waals surface area contributed by atoms with Gasteiger partial charge in [0.25, 0.3) is 5.91 Å². The predicted octanol–water partition coefficient (Wildman–Crippen LogP) is 3.25. The van der Waals surface area contributed by atoms with E-state index in [4.69, 9.17) is 4.74 Å². The molecule has 1 saturated heterocycles. The molecule has 146 valence electrons. The predicted molar refractivity (Wildman–Crippen MR) is 109 cm³/mol. The Bertz CT molecular complexity index is 907. The van der Waals surface area contributed by atoms with Crippen molar-refractivity contribution in [2.75, 3.05) is 35.2 Å². The Hall–Kier alpha value is -3.22. The Balaban J connectivity index is 1.43. The van der Waals surface area contributed by atoms with Gasteiger partial charge in [0, 0.05) is 25.3 Å². The van der Waals surface area contributed by atoms with Gasteiger partial charge in [-0.2, -0.15) is 0 Å². The van der Waals surface area contributed by atoms with Crippen molar-refractivity contribution in [3.05, 3.63) is 47.5 Å². The molecule has 2 aliphatic heterocycles. The number of para-hydroxylation sites is 1. The van der Waals surface area contributed by atoms with Crippen molar-refractivity contribution in [2.24, 2.45) is 0 Å². The number of hydrogen-bond acceptors (Lipinski definition) is 4. The van der Waals surface area contributed by atoms with Gasteiger partial charge in [0.1, 0.15) is 0 Å². The van der Waals surface area contributed by atoms with E-state index < -0.39 is 0 Å². The summed E-state index contributed by atoms with van der Waals surface area (Å²) in [6, 6.07) is 11.3. The molecule has 2 aliphatic rings. The van der Waals surface area contributed by atoms with Crippen molar-refractivity contribution in [1.29, 1.82) is 0 Å². The molecule has 2 heterocycles. The van der Waals surface area contributed by atoms with Crippen LogP contribution in [0.4, 0.5) is 21.9 Å². The van der Waals surface area contributed by atoms with Crippen molar-refractivity contribution in [3.63, 3.8) is 0 Å². The Kier molecular flexibility index (Phi) is 5.06. The molecule has 28 heavy (non-hydrogen) atoms. The van der Waals surface area contributed by atoms with Gasteiger partial charge in [0.2, 0.25) is 0 Å². The summed E-state index contributed by atoms with van der Waals surface area (Å²) in [5, 5.41) is 8.48. The average Bonchev–Trinajstić information content (AvgIpc) is 3.21. The summed E-state index contributed by atoms with van der Waals surface area (Å²) < 4.78 is 5.47. The zero-order chi connectivity index (χ0) is 19.5. The second-order valence-electron chi connectivity index (χ2n) is 7.15. The third-order valence-electron chi connectivity index (χ3n) is 5.01. The molecule has 0 radical (unpaired) electrons. The number of amides is 3. The highest BCUT2D eigenvalue weighted by Gasteiger charge is 2.20. The summed E-state index contributed by atoms with van der Waals surface area (Å²) in [5.74, 6) is 0.272. The lowest BCUT2D eigenvalue weighted by atomic mass is 10.1. The van der Waals surface area contributed by atoms with Crippen LogP contribution in [-0.2, 0) is 11.3 Å². The highest BCUT2D eigenvalue weighted by Crippen LogP contribution is 2.35. The molecule has 7 heteroatoms. The first-order valence-electron chi connectivity index (χ1n) is 9.55. The highest BCUT2D eigenvalue weighted by atomic mass is 16.5. The normalized spacial score (nSPS) is 15.5. The van der Waals surface area contributed by atoms with Gasteiger partial charge in [0.05, 0.1) is 11.4 Å². The van der Waals surface area contributed by atoms with E-state index in [0.717, 1.165) is 18.7 Å². The van der Waals surface area contributed by atoms with E-state index >= 15 is 0 Å². The van der Waals surface area contributed by atoms with Gasteiger partial charge in [-0.3, -0.25) is 4.79 Å². The van der Waals surface area contributed by atoms with Crippen LogP contribution in [-0.4, -0.2) is 31.6 Å². The van der Waals surface area contributed by atoms with E-state index in [1.54, 1.807) is 18.2 Å². The monoisotopic (exact) mass is 380 g/mol. The number of hydrogen-bond donors (Lipinski definition) is 3. The molecule has 0 aliphatic carbocycles. The van der Waals surface area contributed by atoms with Gasteiger partial charge in [-0.25, -0.2) is 4.79 Å². The minimum Gasteiger partial charge on any atom is -0.479 e. The quantitative estimate of drug-likeness (QED) is 0.760. The van der Waals surface area contributed by atoms with Crippen molar-refractivity contribution >= 4 is 29.0 Å². The first kappa shape index (κ1) is 18.2. The fourth-order valence-corrected chi connectivity index (χ4v) is 3.63. The van der Waals surface area contributed by atoms with Crippen LogP contribution in [0.25, 0.3) is 0 Å². The second kappa shape index (κ2) is 7.80. The summed E-state index contributed by atoms with van der Waals surface area (Å²) in [4.78, 5) is 26.3. The lowest BCUT2D eigenvalue weighted by Gasteiger charge is -2.23. The van der Waals surface area contributed by atoms with Crippen LogP contribution in [0.2, 0.25) is 0 Å². The van der Waals surface area contributed by atoms with E-state index in [-0.39, 0.29) is 18.5 Å². The number of aryl methyl sites for hydroxylation is 1. The van der Waals surface area contributed by atoms with E-state index in [9.17, 15) is 9.59 Å². The third kappa shape index (κ3) is 3.88. The Morgan fingerprint density at radius 1 is 1.21 bits per heavy atom. The standard InChI is InChI=1S/C21H24N4O3/c1-14-7-8-15(18(11-14)25-9-2-3-10-25)12-22-21(27)24-17-6-4-5-16-20(17)28-13-19(26)23-16/h4-8,11H,2-3,9-10,12-13H2,1H3,(H,23,26)(H2,22,24,27). The molecular formula is C21H24N4O3. The van der Waals surface area contributed by atoms with E-state index in [1.165, 1.54) is 24.1 Å². The number of carbonyl (C=O) groups excluding carboxylic acids is 2. The van der Waals surface area contributed by atoms with Crippen LogP contribution in [0.5, 0.6) is 5.75 Å². The van der Waals surface area contributed by atoms with E-state index in [0.29, 0.717) is 23.7 Å². The summed E-state index contributed by atoms with van der Waals surface area (Å²) in [6.45, 7) is 4.57. The van der Waals surface area contributed by atoms with E-state index in [1.807, 2.05) is 0 Å². The first-order chi connectivity index (χ1) is 13.6. The molecule has 3 amide bonds. The van der Waals surface area contributed by atoms with Crippen LogP contribution < -0.4 is 25.6 Å². The molecule has 3 N–H and O–H groups in total. The number of anilines is 3. The number of carbonyl (C=O) groups is 2. The number of urea groups is 1. The summed E-state index contributed by atoms with van der Waals surface area (Å²) >= 11 is 0. The van der Waals surface area contributed by atoms with Crippen molar-refractivity contribution in [2.45, 2.75) is 26.3 Å². The average molecular weight is 380 g/mol. The first-order valence-corrected chi connectivity index (χ1v) is 9.55. The van der Waals surface area contributed by atoms with Crippen molar-refractivity contribution in [3.8, 4) is 5.75 Å². The zero-order valence-corrected chi connectivity index (χ0v) is 15.9. The maximum atomic E-state index is 12.5. The van der Waals surface area contributed by atoms with Crippen LogP contribution in [0, 0.1) is 6.92 Å². The number of ether oxygens (including phenoxy) is 1. The minimum absolute atomic E-state index is 0.0596. The smallest absolute Gasteiger partial charge is 0.319 e. The molecule has 0 aromatic heterocycles. The summed E-state index contributed by atoms with van der Waals surface area (Å²) in [5.41, 5.74) is 4.59. The molecule has 0 saturated carbocycles. The fourth-order valence-electron chi connectivity index (χ4n) is 3.63. The molecule has 2 aromatic carbocycles. The SMILES string of the molecule is Cc1ccc(CNC(=O)Nc2cccc3c2OCC(=O)N3)c(N2CCCC2)c1. The van der Waals surface area contributed by atoms with Gasteiger partial charge in [0.15, 0.2) is 12.4 Å². The van der Waals surface area contributed by atoms with Crippen LogP contribution in [0.1, 0.15) is 24.0 Å². The van der Waals surface area contributed by atoms with Gasteiger partial charge in [-0.1, -0.05) is 18.2 Å². The maximum Gasteiger partial charge on any atom is 0.319 e. The number of nitrogens with zero attached hydrogens (tertiary/aromatic N) is 1. The number of fused-ring (bicyclic) bond motifs is 1. The maximum absolute atomic E-state index is 12.5. The second-order valence-corrected chi connectivity index (χ2v) is 7.15. The molecular weight excluding hydrogens is 356 g/mol. The van der Waals surface area contributed by atoms with Gasteiger partial charge >= 0.3 is 6.03 Å². The zero-order valence-electron chi connectivity index (χ0n) is 15.9. The molecule has 1 fully saturated rings.